The molecule has 1 aliphatic rings. The van der Waals surface area contributed by atoms with Gasteiger partial charge >= 0.3 is 0 Å². The smallest absolute Gasteiger partial charge is 0.107 e. The Morgan fingerprint density at radius 3 is 2.27 bits per heavy atom. The maximum Gasteiger partial charge on any atom is 0.107 e. The lowest BCUT2D eigenvalue weighted by atomic mass is 10.1. The molecule has 4 heteroatoms. The third-order valence-corrected chi connectivity index (χ3v) is 4.48. The maximum absolute atomic E-state index is 5.67. The van der Waals surface area contributed by atoms with Crippen LogP contribution in [0.3, 0.4) is 0 Å². The summed E-state index contributed by atoms with van der Waals surface area (Å²) in [5.74, 6) is 6.51. The number of rotatable bonds is 9. The number of hydrogen-bond acceptors (Lipinski definition) is 4. The van der Waals surface area contributed by atoms with Gasteiger partial charge in [-0.25, -0.2) is 0 Å². The zero-order valence-electron chi connectivity index (χ0n) is 16.7. The van der Waals surface area contributed by atoms with E-state index >= 15 is 0 Å². The Kier molecular flexibility index (Phi) is 9.73. The number of aryl methyl sites for hydroxylation is 1. The van der Waals surface area contributed by atoms with Gasteiger partial charge in [0.25, 0.3) is 0 Å². The summed E-state index contributed by atoms with van der Waals surface area (Å²) in [5.41, 5.74) is 2.73. The molecule has 0 radical (unpaired) electrons. The van der Waals surface area contributed by atoms with Crippen molar-refractivity contribution >= 4 is 0 Å². The summed E-state index contributed by atoms with van der Waals surface area (Å²) in [5, 5.41) is 0. The van der Waals surface area contributed by atoms with Crippen molar-refractivity contribution in [2.45, 2.75) is 27.3 Å². The van der Waals surface area contributed by atoms with Gasteiger partial charge < -0.3 is 9.47 Å². The van der Waals surface area contributed by atoms with Crippen LogP contribution in [0.15, 0.2) is 24.3 Å². The highest BCUT2D eigenvalue weighted by molar-refractivity contribution is 5.21. The van der Waals surface area contributed by atoms with Gasteiger partial charge in [0.2, 0.25) is 0 Å². The molecule has 0 saturated carbocycles. The first-order chi connectivity index (χ1) is 12.6. The fourth-order valence-corrected chi connectivity index (χ4v) is 2.91. The summed E-state index contributed by atoms with van der Waals surface area (Å²) in [6.45, 7) is 15.4. The molecule has 1 saturated heterocycles. The van der Waals surface area contributed by atoms with Gasteiger partial charge in [-0.15, -0.1) is 0 Å². The van der Waals surface area contributed by atoms with Gasteiger partial charge in [-0.3, -0.25) is 9.80 Å². The van der Waals surface area contributed by atoms with Gasteiger partial charge in [0.1, 0.15) is 6.61 Å². The van der Waals surface area contributed by atoms with Crippen molar-refractivity contribution in [3.05, 3.63) is 35.4 Å². The van der Waals surface area contributed by atoms with Gasteiger partial charge in [0.05, 0.1) is 19.8 Å². The molecular weight excluding hydrogens is 324 g/mol. The molecule has 26 heavy (non-hydrogen) atoms. The van der Waals surface area contributed by atoms with Crippen LogP contribution in [-0.4, -0.2) is 69.0 Å². The van der Waals surface area contributed by atoms with E-state index in [0.29, 0.717) is 25.7 Å². The van der Waals surface area contributed by atoms with E-state index in [-0.39, 0.29) is 0 Å². The molecule has 0 unspecified atom stereocenters. The van der Waals surface area contributed by atoms with Gasteiger partial charge in [0.15, 0.2) is 0 Å². The summed E-state index contributed by atoms with van der Waals surface area (Å²) in [6, 6.07) is 8.88. The molecule has 0 amide bonds. The van der Waals surface area contributed by atoms with Crippen molar-refractivity contribution in [3.8, 4) is 11.8 Å². The molecule has 0 N–H and O–H groups in total. The van der Waals surface area contributed by atoms with Crippen molar-refractivity contribution in [1.82, 2.24) is 9.80 Å². The van der Waals surface area contributed by atoms with Crippen molar-refractivity contribution in [1.29, 1.82) is 0 Å². The SMILES string of the molecule is Cc1ccc(CN2CCN(CCOCCOCC#CC(C)C)CC2)cc1. The van der Waals surface area contributed by atoms with E-state index in [0.717, 1.165) is 45.9 Å². The van der Waals surface area contributed by atoms with Crippen molar-refractivity contribution in [2.24, 2.45) is 5.92 Å². The first-order valence-electron chi connectivity index (χ1n) is 9.77. The number of nitrogens with zero attached hydrogens (tertiary/aromatic N) is 2. The van der Waals surface area contributed by atoms with Crippen LogP contribution >= 0.6 is 0 Å². The second-order valence-electron chi connectivity index (χ2n) is 7.24. The molecule has 2 rings (SSSR count). The third-order valence-electron chi connectivity index (χ3n) is 4.48. The minimum absolute atomic E-state index is 0.409. The van der Waals surface area contributed by atoms with Crippen LogP contribution in [0.25, 0.3) is 0 Å². The molecule has 1 heterocycles. The summed E-state index contributed by atoms with van der Waals surface area (Å²) in [4.78, 5) is 5.02. The van der Waals surface area contributed by atoms with Gasteiger partial charge in [-0.1, -0.05) is 55.5 Å². The molecule has 1 aliphatic heterocycles. The molecule has 0 atom stereocenters. The molecule has 144 valence electrons. The normalized spacial score (nSPS) is 15.8. The van der Waals surface area contributed by atoms with Crippen LogP contribution in [-0.2, 0) is 16.0 Å². The van der Waals surface area contributed by atoms with E-state index in [9.17, 15) is 0 Å². The fraction of sp³-hybridized carbons (Fsp3) is 0.636. The number of ether oxygens (including phenoxy) is 2. The van der Waals surface area contributed by atoms with Crippen LogP contribution in [0.5, 0.6) is 0 Å². The molecule has 0 bridgehead atoms. The van der Waals surface area contributed by atoms with E-state index in [1.807, 2.05) is 0 Å². The molecule has 0 aliphatic carbocycles. The summed E-state index contributed by atoms with van der Waals surface area (Å²) < 4.78 is 11.1. The molecule has 1 fully saturated rings. The maximum atomic E-state index is 5.67. The Bertz CT molecular complexity index is 552. The zero-order chi connectivity index (χ0) is 18.6. The molecule has 0 aromatic heterocycles. The van der Waals surface area contributed by atoms with Crippen LogP contribution in [0.4, 0.5) is 0 Å². The number of hydrogen-bond donors (Lipinski definition) is 0. The van der Waals surface area contributed by atoms with E-state index < -0.39 is 0 Å². The van der Waals surface area contributed by atoms with Crippen LogP contribution in [0.1, 0.15) is 25.0 Å². The average molecular weight is 359 g/mol. The van der Waals surface area contributed by atoms with Crippen molar-refractivity contribution < 1.29 is 9.47 Å². The fourth-order valence-electron chi connectivity index (χ4n) is 2.91. The first-order valence-corrected chi connectivity index (χ1v) is 9.77. The quantitative estimate of drug-likeness (QED) is 0.501. The second kappa shape index (κ2) is 12.1. The van der Waals surface area contributed by atoms with E-state index in [2.05, 4.69) is 66.7 Å². The molecule has 1 aromatic rings. The monoisotopic (exact) mass is 358 g/mol. The highest BCUT2D eigenvalue weighted by Crippen LogP contribution is 2.09. The predicted octanol–water partition coefficient (Wildman–Crippen LogP) is 2.81. The lowest BCUT2D eigenvalue weighted by Crippen LogP contribution is -2.46. The van der Waals surface area contributed by atoms with Crippen LogP contribution in [0.2, 0.25) is 0 Å². The molecule has 4 nitrogen and oxygen atoms in total. The largest absolute Gasteiger partial charge is 0.378 e. The zero-order valence-corrected chi connectivity index (χ0v) is 16.7. The Balaban J connectivity index is 1.48. The first kappa shape index (κ1) is 20.9. The minimum atomic E-state index is 0.409. The average Bonchev–Trinajstić information content (AvgIpc) is 2.63. The second-order valence-corrected chi connectivity index (χ2v) is 7.24. The third kappa shape index (κ3) is 8.82. The Hall–Kier alpha value is -1.38. The topological polar surface area (TPSA) is 24.9 Å². The minimum Gasteiger partial charge on any atom is -0.378 e. The standard InChI is InChI=1S/C22H34N2O2/c1-20(2)5-4-15-25-17-18-26-16-14-23-10-12-24(13-11-23)19-22-8-6-21(3)7-9-22/h6-9,20H,10-19H2,1-3H3. The summed E-state index contributed by atoms with van der Waals surface area (Å²) in [7, 11) is 0. The van der Waals surface area contributed by atoms with Gasteiger partial charge in [-0.2, -0.15) is 0 Å². The van der Waals surface area contributed by atoms with E-state index in [4.69, 9.17) is 9.47 Å². The van der Waals surface area contributed by atoms with Crippen LogP contribution in [0, 0.1) is 24.7 Å². The highest BCUT2D eigenvalue weighted by atomic mass is 16.5. The molecule has 0 spiro atoms. The lowest BCUT2D eigenvalue weighted by molar-refractivity contribution is 0.0391. The number of piperazine rings is 1. The predicted molar refractivity (Wildman–Crippen MR) is 107 cm³/mol. The van der Waals surface area contributed by atoms with Gasteiger partial charge in [0, 0.05) is 45.2 Å². The van der Waals surface area contributed by atoms with Gasteiger partial charge in [-0.05, 0) is 12.5 Å². The van der Waals surface area contributed by atoms with E-state index in [1.165, 1.54) is 11.1 Å². The Labute approximate surface area is 159 Å². The van der Waals surface area contributed by atoms with E-state index in [1.54, 1.807) is 0 Å². The summed E-state index contributed by atoms with van der Waals surface area (Å²) in [6.07, 6.45) is 0. The van der Waals surface area contributed by atoms with Crippen molar-refractivity contribution in [3.63, 3.8) is 0 Å². The highest BCUT2D eigenvalue weighted by Gasteiger charge is 2.16. The van der Waals surface area contributed by atoms with Crippen molar-refractivity contribution in [2.75, 3.05) is 59.2 Å². The number of benzene rings is 1. The lowest BCUT2D eigenvalue weighted by Gasteiger charge is -2.34. The summed E-state index contributed by atoms with van der Waals surface area (Å²) >= 11 is 0. The molecular formula is C22H34N2O2. The Morgan fingerprint density at radius 2 is 1.58 bits per heavy atom. The van der Waals surface area contributed by atoms with Crippen LogP contribution < -0.4 is 0 Å². The molecule has 1 aromatic carbocycles. The Morgan fingerprint density at radius 1 is 0.923 bits per heavy atom.